The lowest BCUT2D eigenvalue weighted by Gasteiger charge is -2.42. The van der Waals surface area contributed by atoms with Gasteiger partial charge in [0, 0.05) is 17.9 Å². The average molecular weight is 432 g/mol. The van der Waals surface area contributed by atoms with Gasteiger partial charge in [0.2, 0.25) is 30.4 Å². The number of likely N-dealkylation sites (tertiary alicyclic amines) is 1. The van der Waals surface area contributed by atoms with Crippen LogP contribution >= 0.6 is 0 Å². The van der Waals surface area contributed by atoms with Gasteiger partial charge < -0.3 is 4.81 Å². The van der Waals surface area contributed by atoms with Crippen molar-refractivity contribution >= 4 is 43.9 Å². The number of amides is 4. The number of nitrogens with zero attached hydrogens (tertiary/aromatic N) is 2. The van der Waals surface area contributed by atoms with Crippen LogP contribution in [0.1, 0.15) is 38.5 Å². The van der Waals surface area contributed by atoms with E-state index in [9.17, 15) is 24.0 Å². The van der Waals surface area contributed by atoms with Crippen LogP contribution in [0.25, 0.3) is 0 Å². The second kappa shape index (κ2) is 5.58. The second-order valence-corrected chi connectivity index (χ2v) is 11.9. The number of ketones is 1. The Labute approximate surface area is 188 Å². The lowest BCUT2D eigenvalue weighted by atomic mass is 9.43. The van der Waals surface area contributed by atoms with Gasteiger partial charge in [0.05, 0.1) is 31.4 Å². The van der Waals surface area contributed by atoms with Gasteiger partial charge in [0.25, 0.3) is 0 Å². The average Bonchev–Trinajstić information content (AvgIpc) is 3.57. The van der Waals surface area contributed by atoms with Crippen molar-refractivity contribution in [2.45, 2.75) is 45.3 Å². The van der Waals surface area contributed by atoms with Crippen LogP contribution in [-0.2, 0) is 24.0 Å². The normalized spacial score (nSPS) is 52.5. The first-order valence-electron chi connectivity index (χ1n) is 12.1. The molecule has 4 amide bonds. The summed E-state index contributed by atoms with van der Waals surface area (Å²) in [4.78, 5) is 68.5. The third-order valence-corrected chi connectivity index (χ3v) is 11.0. The predicted molar refractivity (Wildman–Crippen MR) is 112 cm³/mol. The van der Waals surface area contributed by atoms with Crippen molar-refractivity contribution in [3.05, 3.63) is 0 Å². The number of carbonyl (C=O) groups excluding carboxylic acids is 5. The second-order valence-electron chi connectivity index (χ2n) is 11.9. The predicted octanol–water partition coefficient (Wildman–Crippen LogP) is 0.520. The third kappa shape index (κ3) is 1.80. The molecule has 9 heteroatoms. The van der Waals surface area contributed by atoms with E-state index in [4.69, 9.17) is 7.74 Å². The number of rotatable bonds is 1. The van der Waals surface area contributed by atoms with Gasteiger partial charge in [-0.05, 0) is 62.2 Å². The first-order chi connectivity index (χ1) is 15.1. The van der Waals surface area contributed by atoms with Crippen molar-refractivity contribution in [1.29, 1.82) is 0 Å². The highest BCUT2D eigenvalue weighted by Crippen LogP contribution is 2.75. The molecule has 2 radical (unpaired) electrons. The highest BCUT2D eigenvalue weighted by Gasteiger charge is 2.78. The van der Waals surface area contributed by atoms with E-state index in [1.807, 2.05) is 0 Å². The lowest BCUT2D eigenvalue weighted by Crippen LogP contribution is -2.49. The summed E-state index contributed by atoms with van der Waals surface area (Å²) in [6.45, 7) is 1.01. The van der Waals surface area contributed by atoms with Crippen LogP contribution in [0.4, 0.5) is 0 Å². The molecule has 2 spiro atoms. The molecule has 32 heavy (non-hydrogen) atoms. The highest BCUT2D eigenvalue weighted by molar-refractivity contribution is 7.03. The highest BCUT2D eigenvalue weighted by atomic mass is 16.2. The van der Waals surface area contributed by atoms with E-state index in [1.54, 1.807) is 13.9 Å². The Morgan fingerprint density at radius 1 is 0.781 bits per heavy atom. The van der Waals surface area contributed by atoms with Crippen molar-refractivity contribution in [2.75, 3.05) is 7.05 Å². The van der Waals surface area contributed by atoms with E-state index >= 15 is 0 Å². The Bertz CT molecular complexity index is 1050. The molecule has 0 N–H and O–H groups in total. The molecule has 7 nitrogen and oxygen atoms in total. The van der Waals surface area contributed by atoms with Crippen molar-refractivity contribution in [3.8, 4) is 0 Å². The van der Waals surface area contributed by atoms with Crippen LogP contribution in [0.3, 0.4) is 0 Å². The molecule has 164 valence electrons. The zero-order valence-corrected chi connectivity index (χ0v) is 18.5. The molecule has 4 bridgehead atoms. The molecule has 0 aromatic rings. The minimum absolute atomic E-state index is 0.0535. The molecular weight excluding hydrogens is 406 g/mol. The molecule has 2 saturated heterocycles. The molecule has 10 atom stereocenters. The van der Waals surface area contributed by atoms with Crippen molar-refractivity contribution < 1.29 is 24.0 Å². The lowest BCUT2D eigenvalue weighted by molar-refractivity contribution is -0.145. The van der Waals surface area contributed by atoms with Gasteiger partial charge in [-0.1, -0.05) is 6.82 Å². The maximum atomic E-state index is 14.3. The molecule has 0 aromatic heterocycles. The van der Waals surface area contributed by atoms with E-state index in [-0.39, 0.29) is 70.8 Å². The van der Waals surface area contributed by atoms with Gasteiger partial charge in [-0.15, -0.1) is 0 Å². The molecular formula is C23H26B2N2O5. The van der Waals surface area contributed by atoms with Crippen LogP contribution in [-0.4, -0.2) is 60.6 Å². The van der Waals surface area contributed by atoms with Crippen LogP contribution in [0.2, 0.25) is 6.82 Å². The van der Waals surface area contributed by atoms with Gasteiger partial charge >= 0.3 is 0 Å². The molecule has 7 aliphatic rings. The molecule has 2 aliphatic heterocycles. The van der Waals surface area contributed by atoms with Gasteiger partial charge in [0.15, 0.2) is 0 Å². The fraction of sp³-hybridized carbons (Fsp3) is 0.783. The number of hydrogen-bond acceptors (Lipinski definition) is 5. The summed E-state index contributed by atoms with van der Waals surface area (Å²) in [6, 6.07) is 0. The number of Topliss-reactive ketones (excluding diaryl/α,β-unsaturated/α-hetero) is 1. The topological polar surface area (TPSA) is 91.8 Å². The first-order valence-corrected chi connectivity index (χ1v) is 12.1. The molecule has 0 aromatic carbocycles. The quantitative estimate of drug-likeness (QED) is 0.445. The van der Waals surface area contributed by atoms with Crippen molar-refractivity contribution in [2.24, 2.45) is 58.2 Å². The zero-order chi connectivity index (χ0) is 22.5. The Morgan fingerprint density at radius 2 is 1.22 bits per heavy atom. The smallest absolute Gasteiger partial charge is 0.233 e. The molecule has 5 unspecified atom stereocenters. The number of imide groups is 2. The maximum absolute atomic E-state index is 14.3. The van der Waals surface area contributed by atoms with E-state index in [0.717, 1.165) is 25.7 Å². The van der Waals surface area contributed by atoms with Crippen LogP contribution in [0.15, 0.2) is 0 Å². The fourth-order valence-electron chi connectivity index (χ4n) is 10.1. The summed E-state index contributed by atoms with van der Waals surface area (Å²) < 4.78 is 0. The van der Waals surface area contributed by atoms with Crippen LogP contribution in [0.5, 0.6) is 0 Å². The summed E-state index contributed by atoms with van der Waals surface area (Å²) in [5, 5.41) is 0. The largest absolute Gasteiger partial charge is 0.338 e. The Balaban J connectivity index is 1.24. The first kappa shape index (κ1) is 19.5. The number of carbonyl (C=O) groups is 5. The Hall–Kier alpha value is -1.92. The van der Waals surface area contributed by atoms with Gasteiger partial charge in [0.1, 0.15) is 5.78 Å². The number of fused-ring (bicyclic) bond motifs is 12. The Kier molecular flexibility index (Phi) is 3.41. The van der Waals surface area contributed by atoms with E-state index in [0.29, 0.717) is 12.8 Å². The van der Waals surface area contributed by atoms with Gasteiger partial charge in [-0.3, -0.25) is 28.9 Å². The van der Waals surface area contributed by atoms with E-state index in [1.165, 1.54) is 9.71 Å². The summed E-state index contributed by atoms with van der Waals surface area (Å²) in [6.07, 6.45) is 4.44. The summed E-state index contributed by atoms with van der Waals surface area (Å²) in [5.74, 6) is -1.59. The monoisotopic (exact) mass is 432 g/mol. The van der Waals surface area contributed by atoms with Gasteiger partial charge in [-0.25, -0.2) is 0 Å². The SMILES string of the molecule is [B]B(C)N1C(=O)C2C3C[C@@H](C[C@@]34CCC3(CC5C[C@@H]3[C@@H]3C(=O)N(C)C(=O)C53)C4=O)[C@@H]2C1=O. The van der Waals surface area contributed by atoms with Crippen molar-refractivity contribution in [1.82, 2.24) is 9.71 Å². The fourth-order valence-corrected chi connectivity index (χ4v) is 10.1. The number of hydrogen-bond donors (Lipinski definition) is 0. The Morgan fingerprint density at radius 3 is 1.75 bits per heavy atom. The van der Waals surface area contributed by atoms with Gasteiger partial charge in [-0.2, -0.15) is 0 Å². The van der Waals surface area contributed by atoms with E-state index < -0.39 is 23.5 Å². The maximum Gasteiger partial charge on any atom is 0.233 e. The van der Waals surface area contributed by atoms with E-state index in [2.05, 4.69) is 0 Å². The van der Waals surface area contributed by atoms with Crippen LogP contribution in [0, 0.1) is 58.2 Å². The minimum Gasteiger partial charge on any atom is -0.338 e. The summed E-state index contributed by atoms with van der Waals surface area (Å²) >= 11 is 0. The molecule has 5 saturated carbocycles. The molecule has 5 aliphatic carbocycles. The summed E-state index contributed by atoms with van der Waals surface area (Å²) in [7, 11) is 7.51. The third-order valence-electron chi connectivity index (χ3n) is 11.0. The molecule has 2 heterocycles. The van der Waals surface area contributed by atoms with Crippen LogP contribution < -0.4 is 0 Å². The van der Waals surface area contributed by atoms with Crippen molar-refractivity contribution in [3.63, 3.8) is 0 Å². The molecule has 7 rings (SSSR count). The summed E-state index contributed by atoms with van der Waals surface area (Å²) in [5.41, 5.74) is -1.08. The molecule has 7 fully saturated rings. The zero-order valence-electron chi connectivity index (χ0n) is 18.5. The standard InChI is InChI=1S/C23H26B2N2O5/c1-25(24)27-19(30)14-10-6-12(16(14)20(27)31)23(8-10)4-3-22(21(23)32)7-9-5-11(22)15-13(9)17(28)26(2)18(15)29/h9-16H,3-8H2,1-2H3/t9?,10-,11+,12?,13?,14-,15-,16?,22?,23-/m0/s1. The minimum atomic E-state index is -0.646.